The third-order valence-electron chi connectivity index (χ3n) is 2.78. The first-order chi connectivity index (χ1) is 9.02. The van der Waals surface area contributed by atoms with E-state index >= 15 is 0 Å². The zero-order valence-corrected chi connectivity index (χ0v) is 11.6. The molecule has 0 radical (unpaired) electrons. The second-order valence-electron chi connectivity index (χ2n) is 4.20. The molecule has 1 aromatic carbocycles. The second-order valence-corrected chi connectivity index (χ2v) is 5.25. The number of nitrogen functional groups attached to an aromatic ring is 1. The minimum atomic E-state index is -0.319. The molecule has 0 saturated heterocycles. The predicted molar refractivity (Wildman–Crippen MR) is 77.4 cm³/mol. The van der Waals surface area contributed by atoms with Gasteiger partial charge in [0.15, 0.2) is 0 Å². The van der Waals surface area contributed by atoms with Crippen LogP contribution in [0.3, 0.4) is 0 Å². The maximum absolute atomic E-state index is 12.0. The molecule has 1 heterocycles. The largest absolute Gasteiger partial charge is 0.397 e. The summed E-state index contributed by atoms with van der Waals surface area (Å²) < 4.78 is 0.966. The third kappa shape index (κ3) is 2.68. The van der Waals surface area contributed by atoms with Gasteiger partial charge in [-0.2, -0.15) is 0 Å². The number of hydrogen-bond donors (Lipinski definition) is 3. The van der Waals surface area contributed by atoms with E-state index in [-0.39, 0.29) is 18.4 Å². The highest BCUT2D eigenvalue weighted by Gasteiger charge is 2.16. The first-order valence-corrected chi connectivity index (χ1v) is 6.62. The van der Waals surface area contributed by atoms with Crippen LogP contribution in [0.15, 0.2) is 18.2 Å². The van der Waals surface area contributed by atoms with Crippen molar-refractivity contribution in [1.82, 2.24) is 10.6 Å². The number of benzene rings is 1. The number of aryl methyl sites for hydroxylation is 1. The van der Waals surface area contributed by atoms with Gasteiger partial charge in [0.05, 0.1) is 12.2 Å². The first-order valence-electron chi connectivity index (χ1n) is 5.80. The summed E-state index contributed by atoms with van der Waals surface area (Å²) in [5.41, 5.74) is 7.56. The Morgan fingerprint density at radius 1 is 1.37 bits per heavy atom. The van der Waals surface area contributed by atoms with Crippen LogP contribution in [0.4, 0.5) is 5.69 Å². The van der Waals surface area contributed by atoms with E-state index in [0.29, 0.717) is 10.6 Å². The number of anilines is 1. The summed E-state index contributed by atoms with van der Waals surface area (Å²) in [4.78, 5) is 23.5. The molecule has 0 unspecified atom stereocenters. The molecule has 2 rings (SSSR count). The molecule has 0 bridgehead atoms. The number of fused-ring (bicyclic) bond motifs is 1. The van der Waals surface area contributed by atoms with Gasteiger partial charge in [0.1, 0.15) is 4.88 Å². The van der Waals surface area contributed by atoms with E-state index in [0.717, 1.165) is 15.6 Å². The summed E-state index contributed by atoms with van der Waals surface area (Å²) in [6, 6.07) is 5.88. The van der Waals surface area contributed by atoms with Gasteiger partial charge in [-0.3, -0.25) is 9.59 Å². The van der Waals surface area contributed by atoms with E-state index in [2.05, 4.69) is 10.6 Å². The van der Waals surface area contributed by atoms with Crippen LogP contribution in [0, 0.1) is 6.92 Å². The highest BCUT2D eigenvalue weighted by atomic mass is 32.1. The van der Waals surface area contributed by atoms with Crippen LogP contribution in [0.5, 0.6) is 0 Å². The van der Waals surface area contributed by atoms with Crippen molar-refractivity contribution in [1.29, 1.82) is 0 Å². The summed E-state index contributed by atoms with van der Waals surface area (Å²) in [7, 11) is 1.52. The summed E-state index contributed by atoms with van der Waals surface area (Å²) in [5, 5.41) is 5.87. The van der Waals surface area contributed by atoms with Crippen LogP contribution in [0.2, 0.25) is 0 Å². The first kappa shape index (κ1) is 13.4. The van der Waals surface area contributed by atoms with Gasteiger partial charge in [0, 0.05) is 17.1 Å². The van der Waals surface area contributed by atoms with Gasteiger partial charge in [-0.25, -0.2) is 0 Å². The fourth-order valence-electron chi connectivity index (χ4n) is 1.73. The van der Waals surface area contributed by atoms with Crippen molar-refractivity contribution in [3.63, 3.8) is 0 Å². The van der Waals surface area contributed by atoms with Crippen molar-refractivity contribution in [2.45, 2.75) is 6.92 Å². The Kier molecular flexibility index (Phi) is 3.71. The highest BCUT2D eigenvalue weighted by Crippen LogP contribution is 2.33. The topological polar surface area (TPSA) is 84.2 Å². The Balaban J connectivity index is 2.27. The van der Waals surface area contributed by atoms with E-state index in [4.69, 9.17) is 5.73 Å². The number of nitrogens with one attached hydrogen (secondary N) is 2. The summed E-state index contributed by atoms with van der Waals surface area (Å²) in [6.45, 7) is 1.92. The minimum absolute atomic E-state index is 0.0535. The van der Waals surface area contributed by atoms with Gasteiger partial charge in [-0.05, 0) is 19.1 Å². The number of rotatable bonds is 3. The van der Waals surface area contributed by atoms with E-state index in [9.17, 15) is 9.59 Å². The molecule has 0 aliphatic heterocycles. The average molecular weight is 277 g/mol. The standard InChI is InChI=1S/C13H15N3O2S/c1-7-3-4-9-8(5-7)11(14)12(19-9)13(18)16-6-10(17)15-2/h3-5H,6,14H2,1-2H3,(H,15,17)(H,16,18). The van der Waals surface area contributed by atoms with Crippen LogP contribution in [0.25, 0.3) is 10.1 Å². The van der Waals surface area contributed by atoms with Gasteiger partial charge in [-0.1, -0.05) is 11.6 Å². The van der Waals surface area contributed by atoms with Gasteiger partial charge in [0.25, 0.3) is 5.91 Å². The Hall–Kier alpha value is -2.08. The lowest BCUT2D eigenvalue weighted by atomic mass is 10.1. The van der Waals surface area contributed by atoms with E-state index in [1.165, 1.54) is 18.4 Å². The van der Waals surface area contributed by atoms with Crippen LogP contribution < -0.4 is 16.4 Å². The van der Waals surface area contributed by atoms with Gasteiger partial charge in [-0.15, -0.1) is 11.3 Å². The average Bonchev–Trinajstić information content (AvgIpc) is 2.73. The third-order valence-corrected chi connectivity index (χ3v) is 3.96. The van der Waals surface area contributed by atoms with Gasteiger partial charge >= 0.3 is 0 Å². The SMILES string of the molecule is CNC(=O)CNC(=O)c1sc2ccc(C)cc2c1N. The Morgan fingerprint density at radius 2 is 2.11 bits per heavy atom. The van der Waals surface area contributed by atoms with Crippen molar-refractivity contribution in [3.8, 4) is 0 Å². The molecule has 4 N–H and O–H groups in total. The number of carbonyl (C=O) groups excluding carboxylic acids is 2. The molecule has 0 atom stereocenters. The van der Waals surface area contributed by atoms with Crippen LogP contribution >= 0.6 is 11.3 Å². The van der Waals surface area contributed by atoms with Crippen molar-refractivity contribution in [2.24, 2.45) is 0 Å². The molecule has 19 heavy (non-hydrogen) atoms. The lowest BCUT2D eigenvalue weighted by Gasteiger charge is -2.03. The maximum atomic E-state index is 12.0. The summed E-state index contributed by atoms with van der Waals surface area (Å²) in [6.07, 6.45) is 0. The van der Waals surface area contributed by atoms with Crippen LogP contribution in [-0.4, -0.2) is 25.4 Å². The molecule has 0 spiro atoms. The lowest BCUT2D eigenvalue weighted by molar-refractivity contribution is -0.119. The Bertz CT molecular complexity index is 649. The van der Waals surface area contributed by atoms with E-state index < -0.39 is 0 Å². The molecular formula is C13H15N3O2S. The second kappa shape index (κ2) is 5.27. The monoisotopic (exact) mass is 277 g/mol. The highest BCUT2D eigenvalue weighted by molar-refractivity contribution is 7.21. The smallest absolute Gasteiger partial charge is 0.263 e. The minimum Gasteiger partial charge on any atom is -0.397 e. The van der Waals surface area contributed by atoms with Crippen molar-refractivity contribution < 1.29 is 9.59 Å². The maximum Gasteiger partial charge on any atom is 0.263 e. The number of nitrogens with two attached hydrogens (primary N) is 1. The Labute approximate surface area is 114 Å². The van der Waals surface area contributed by atoms with Crippen molar-refractivity contribution >= 4 is 38.9 Å². The van der Waals surface area contributed by atoms with Gasteiger partial charge in [0.2, 0.25) is 5.91 Å². The van der Waals surface area contributed by atoms with Crippen LogP contribution in [-0.2, 0) is 4.79 Å². The molecule has 100 valence electrons. The summed E-state index contributed by atoms with van der Waals surface area (Å²) in [5.74, 6) is -0.566. The molecule has 6 heteroatoms. The van der Waals surface area contributed by atoms with Crippen molar-refractivity contribution in [2.75, 3.05) is 19.3 Å². The normalized spacial score (nSPS) is 10.4. The quantitative estimate of drug-likeness (QED) is 0.790. The molecule has 0 aliphatic rings. The molecule has 2 amide bonds. The zero-order chi connectivity index (χ0) is 14.0. The summed E-state index contributed by atoms with van der Waals surface area (Å²) >= 11 is 1.33. The van der Waals surface area contributed by atoms with E-state index in [1.54, 1.807) is 0 Å². The molecule has 0 saturated carbocycles. The fourth-order valence-corrected chi connectivity index (χ4v) is 2.75. The number of thiophene rings is 1. The fraction of sp³-hybridized carbons (Fsp3) is 0.231. The molecular weight excluding hydrogens is 262 g/mol. The molecule has 5 nitrogen and oxygen atoms in total. The number of hydrogen-bond acceptors (Lipinski definition) is 4. The molecule has 0 fully saturated rings. The number of likely N-dealkylation sites (N-methyl/N-ethyl adjacent to an activating group) is 1. The van der Waals surface area contributed by atoms with Crippen molar-refractivity contribution in [3.05, 3.63) is 28.6 Å². The van der Waals surface area contributed by atoms with Gasteiger partial charge < -0.3 is 16.4 Å². The Morgan fingerprint density at radius 3 is 2.79 bits per heavy atom. The predicted octanol–water partition coefficient (Wildman–Crippen LogP) is 1.27. The number of carbonyl (C=O) groups is 2. The lowest BCUT2D eigenvalue weighted by Crippen LogP contribution is -2.35. The molecule has 2 aromatic rings. The molecule has 1 aromatic heterocycles. The van der Waals surface area contributed by atoms with E-state index in [1.807, 2.05) is 25.1 Å². The van der Waals surface area contributed by atoms with Crippen LogP contribution in [0.1, 0.15) is 15.2 Å². The number of amides is 2. The molecule has 0 aliphatic carbocycles. The zero-order valence-electron chi connectivity index (χ0n) is 10.7.